The molecule has 10 nitrogen and oxygen atoms in total. The summed E-state index contributed by atoms with van der Waals surface area (Å²) in [5, 5.41) is 3.68. The Bertz CT molecular complexity index is 1880. The fraction of sp³-hybridized carbons (Fsp3) is 0.535. The van der Waals surface area contributed by atoms with Crippen LogP contribution in [0, 0.1) is 5.92 Å². The third-order valence-electron chi connectivity index (χ3n) is 11.5. The topological polar surface area (TPSA) is 114 Å². The van der Waals surface area contributed by atoms with Gasteiger partial charge in [0.25, 0.3) is 0 Å². The number of hydrogen-bond acceptors (Lipinski definition) is 7. The van der Waals surface area contributed by atoms with Gasteiger partial charge < -0.3 is 24.4 Å². The van der Waals surface area contributed by atoms with Crippen LogP contribution in [-0.4, -0.2) is 78.6 Å². The van der Waals surface area contributed by atoms with Gasteiger partial charge in [0.1, 0.15) is 29.2 Å². The van der Waals surface area contributed by atoms with Gasteiger partial charge in [-0.1, -0.05) is 55.1 Å². The summed E-state index contributed by atoms with van der Waals surface area (Å²) in [7, 11) is -4.05. The molecule has 0 radical (unpaired) electrons. The number of carbonyl (C=O) groups is 2. The average molecular weight is 792 g/mol. The maximum absolute atomic E-state index is 14.8. The van der Waals surface area contributed by atoms with Crippen LogP contribution in [-0.2, 0) is 19.6 Å². The standard InChI is InChI=1S/C43H54ClN3O7S/c1-43(2,3)54-42(49)45-33-25-34-15-16-35(26-33)47(34)41(48)40-27-38(53-37-17-11-31(12-18-37)30-9-13-32(44)14-10-30)23-24-46(40)55(50,51)39-21-19-36(20-22-39)52-28-29-7-5-4-6-8-29/h9-14,17-22,29,33-35,38,40H,4-8,15-16,23-28H2,1-3H3,(H,45,49)/t33?,34?,35?,38-,40-/m1/s1. The molecule has 1 aliphatic carbocycles. The molecule has 4 aliphatic rings. The van der Waals surface area contributed by atoms with Crippen LogP contribution in [0.25, 0.3) is 11.1 Å². The number of halogens is 1. The predicted molar refractivity (Wildman–Crippen MR) is 213 cm³/mol. The van der Waals surface area contributed by atoms with Crippen molar-refractivity contribution in [2.45, 2.75) is 132 Å². The van der Waals surface area contributed by atoms with Crippen LogP contribution < -0.4 is 14.8 Å². The Morgan fingerprint density at radius 1 is 0.782 bits per heavy atom. The second-order valence-electron chi connectivity index (χ2n) is 16.7. The highest BCUT2D eigenvalue weighted by Crippen LogP contribution is 2.39. The zero-order valence-electron chi connectivity index (χ0n) is 32.1. The second-order valence-corrected chi connectivity index (χ2v) is 19.0. The number of amides is 2. The molecule has 7 rings (SSSR count). The van der Waals surface area contributed by atoms with Crippen molar-refractivity contribution in [1.82, 2.24) is 14.5 Å². The second kappa shape index (κ2) is 16.7. The number of alkyl carbamates (subject to hydrolysis) is 1. The van der Waals surface area contributed by atoms with Gasteiger partial charge in [0, 0.05) is 36.1 Å². The Hall–Kier alpha value is -3.80. The molecule has 296 valence electrons. The van der Waals surface area contributed by atoms with Crippen LogP contribution in [0.3, 0.4) is 0 Å². The largest absolute Gasteiger partial charge is 0.493 e. The number of nitrogens with zero attached hydrogens (tertiary/aromatic N) is 2. The van der Waals surface area contributed by atoms with E-state index in [1.807, 2.05) is 74.2 Å². The molecule has 0 spiro atoms. The van der Waals surface area contributed by atoms with E-state index in [4.69, 9.17) is 25.8 Å². The normalized spacial score (nSPS) is 24.9. The lowest BCUT2D eigenvalue weighted by Gasteiger charge is -2.44. The first-order valence-electron chi connectivity index (χ1n) is 19.9. The quantitative estimate of drug-likeness (QED) is 0.219. The molecule has 4 atom stereocenters. The van der Waals surface area contributed by atoms with E-state index in [0.717, 1.165) is 36.8 Å². The van der Waals surface area contributed by atoms with Gasteiger partial charge >= 0.3 is 6.09 Å². The summed E-state index contributed by atoms with van der Waals surface area (Å²) in [5.74, 6) is 1.63. The van der Waals surface area contributed by atoms with Crippen molar-refractivity contribution in [3.8, 4) is 22.6 Å². The van der Waals surface area contributed by atoms with Gasteiger partial charge in [-0.25, -0.2) is 13.2 Å². The van der Waals surface area contributed by atoms with Crippen LogP contribution in [0.1, 0.15) is 91.4 Å². The Labute approximate surface area is 330 Å². The number of carbonyl (C=O) groups excluding carboxylic acids is 2. The fourth-order valence-electron chi connectivity index (χ4n) is 8.80. The van der Waals surface area contributed by atoms with E-state index in [2.05, 4.69) is 5.32 Å². The molecule has 1 saturated carbocycles. The zero-order valence-corrected chi connectivity index (χ0v) is 33.7. The smallest absolute Gasteiger partial charge is 0.407 e. The van der Waals surface area contributed by atoms with Crippen molar-refractivity contribution in [3.05, 3.63) is 77.8 Å². The molecule has 2 amide bonds. The SMILES string of the molecule is CC(C)(C)OC(=O)NC1CC2CCC(C1)N2C(=O)[C@H]1C[C@H](Oc2ccc(-c3ccc(Cl)cc3)cc2)CCN1S(=O)(=O)c1ccc(OCC2CCCCC2)cc1. The van der Waals surface area contributed by atoms with Crippen LogP contribution >= 0.6 is 11.6 Å². The molecule has 3 aliphatic heterocycles. The molecule has 3 saturated heterocycles. The van der Waals surface area contributed by atoms with E-state index < -0.39 is 27.8 Å². The number of benzene rings is 3. The predicted octanol–water partition coefficient (Wildman–Crippen LogP) is 8.61. The van der Waals surface area contributed by atoms with E-state index >= 15 is 0 Å². The summed E-state index contributed by atoms with van der Waals surface area (Å²) >= 11 is 6.08. The van der Waals surface area contributed by atoms with Crippen LogP contribution in [0.4, 0.5) is 4.79 Å². The van der Waals surface area contributed by atoms with Crippen LogP contribution in [0.5, 0.6) is 11.5 Å². The van der Waals surface area contributed by atoms with Gasteiger partial charge in [0.2, 0.25) is 15.9 Å². The van der Waals surface area contributed by atoms with E-state index in [0.29, 0.717) is 48.3 Å². The van der Waals surface area contributed by atoms with E-state index in [9.17, 15) is 18.0 Å². The van der Waals surface area contributed by atoms with Crippen molar-refractivity contribution < 1.29 is 32.2 Å². The number of nitrogens with one attached hydrogen (secondary N) is 1. The summed E-state index contributed by atoms with van der Waals surface area (Å²) in [4.78, 5) is 29.4. The van der Waals surface area contributed by atoms with Crippen molar-refractivity contribution in [2.75, 3.05) is 13.2 Å². The summed E-state index contributed by atoms with van der Waals surface area (Å²) in [6.07, 6.45) is 8.63. The molecular weight excluding hydrogens is 738 g/mol. The summed E-state index contributed by atoms with van der Waals surface area (Å²) in [5.41, 5.74) is 1.43. The van der Waals surface area contributed by atoms with Gasteiger partial charge in [-0.3, -0.25) is 4.79 Å². The number of sulfonamides is 1. The van der Waals surface area contributed by atoms with Crippen LogP contribution in [0.15, 0.2) is 77.7 Å². The summed E-state index contributed by atoms with van der Waals surface area (Å²) in [6.45, 7) is 6.25. The maximum Gasteiger partial charge on any atom is 0.407 e. The molecule has 3 aromatic carbocycles. The molecule has 1 N–H and O–H groups in total. The average Bonchev–Trinajstić information content (AvgIpc) is 3.43. The molecule has 3 aromatic rings. The van der Waals surface area contributed by atoms with Crippen molar-refractivity contribution in [2.24, 2.45) is 5.92 Å². The molecular formula is C43H54ClN3O7S. The molecule has 55 heavy (non-hydrogen) atoms. The number of fused-ring (bicyclic) bond motifs is 2. The number of ether oxygens (including phenoxy) is 3. The van der Waals surface area contributed by atoms with Crippen molar-refractivity contribution in [3.63, 3.8) is 0 Å². The Balaban J connectivity index is 1.08. The van der Waals surface area contributed by atoms with Crippen molar-refractivity contribution >= 4 is 33.6 Å². The Morgan fingerprint density at radius 2 is 1.38 bits per heavy atom. The molecule has 12 heteroatoms. The van der Waals surface area contributed by atoms with Gasteiger partial charge in [0.15, 0.2) is 0 Å². The highest BCUT2D eigenvalue weighted by molar-refractivity contribution is 7.89. The third-order valence-corrected chi connectivity index (χ3v) is 13.6. The minimum Gasteiger partial charge on any atom is -0.493 e. The molecule has 4 fully saturated rings. The lowest BCUT2D eigenvalue weighted by atomic mass is 9.90. The maximum atomic E-state index is 14.8. The minimum atomic E-state index is -4.05. The number of rotatable bonds is 10. The molecule has 3 heterocycles. The Kier molecular flexibility index (Phi) is 12.0. The highest BCUT2D eigenvalue weighted by Gasteiger charge is 2.50. The number of hydrogen-bond donors (Lipinski definition) is 1. The first kappa shape index (κ1) is 39.4. The Morgan fingerprint density at radius 3 is 2.00 bits per heavy atom. The molecule has 2 bridgehead atoms. The molecule has 0 aromatic heterocycles. The van der Waals surface area contributed by atoms with Gasteiger partial charge in [-0.05, 0) is 131 Å². The minimum absolute atomic E-state index is 0.113. The van der Waals surface area contributed by atoms with Gasteiger partial charge in [-0.15, -0.1) is 0 Å². The number of piperidine rings is 2. The van der Waals surface area contributed by atoms with Gasteiger partial charge in [0.05, 0.1) is 11.5 Å². The van der Waals surface area contributed by atoms with Crippen molar-refractivity contribution in [1.29, 1.82) is 0 Å². The first-order chi connectivity index (χ1) is 26.3. The summed E-state index contributed by atoms with van der Waals surface area (Å²) < 4.78 is 48.3. The zero-order chi connectivity index (χ0) is 38.7. The summed E-state index contributed by atoms with van der Waals surface area (Å²) in [6, 6.07) is 20.7. The van der Waals surface area contributed by atoms with E-state index in [-0.39, 0.29) is 48.0 Å². The lowest BCUT2D eigenvalue weighted by Crippen LogP contribution is -2.60. The monoisotopic (exact) mass is 791 g/mol. The fourth-order valence-corrected chi connectivity index (χ4v) is 10.5. The van der Waals surface area contributed by atoms with Crippen LogP contribution in [0.2, 0.25) is 5.02 Å². The third kappa shape index (κ3) is 9.60. The molecule has 2 unspecified atom stereocenters. The van der Waals surface area contributed by atoms with E-state index in [1.54, 1.807) is 24.3 Å². The van der Waals surface area contributed by atoms with Gasteiger partial charge in [-0.2, -0.15) is 4.31 Å². The van der Waals surface area contributed by atoms with E-state index in [1.165, 1.54) is 23.6 Å². The first-order valence-corrected chi connectivity index (χ1v) is 21.7. The lowest BCUT2D eigenvalue weighted by molar-refractivity contribution is -0.142. The highest BCUT2D eigenvalue weighted by atomic mass is 35.5.